The molecule has 0 aliphatic heterocycles. The number of H-pyrrole nitrogens is 1. The Balaban J connectivity index is 2.37. The number of nitrogens with one attached hydrogen (secondary N) is 1. The van der Waals surface area contributed by atoms with Crippen LogP contribution in [0.5, 0.6) is 0 Å². The van der Waals surface area contributed by atoms with Gasteiger partial charge in [-0.3, -0.25) is 5.10 Å². The van der Waals surface area contributed by atoms with Crippen molar-refractivity contribution in [1.29, 1.82) is 0 Å². The van der Waals surface area contributed by atoms with Crippen molar-refractivity contribution in [3.05, 3.63) is 28.7 Å². The highest BCUT2D eigenvalue weighted by Gasteiger charge is 2.15. The van der Waals surface area contributed by atoms with Gasteiger partial charge in [0.1, 0.15) is 0 Å². The summed E-state index contributed by atoms with van der Waals surface area (Å²) in [5, 5.41) is 19.6. The van der Waals surface area contributed by atoms with Gasteiger partial charge < -0.3 is 0 Å². The summed E-state index contributed by atoms with van der Waals surface area (Å²) in [5.41, 5.74) is 3.44. The SMILES string of the molecule is Cc1c(Cl)nn2c(-c3cn[nH]c3)nnc2c1C. The summed E-state index contributed by atoms with van der Waals surface area (Å²) in [6.07, 6.45) is 3.41. The predicted molar refractivity (Wildman–Crippen MR) is 62.8 cm³/mol. The van der Waals surface area contributed by atoms with E-state index in [1.54, 1.807) is 16.9 Å². The van der Waals surface area contributed by atoms with Gasteiger partial charge in [0.05, 0.1) is 11.8 Å². The number of aryl methyl sites for hydroxylation is 1. The fraction of sp³-hybridized carbons (Fsp3) is 0.200. The number of nitrogens with zero attached hydrogens (tertiary/aromatic N) is 5. The summed E-state index contributed by atoms with van der Waals surface area (Å²) < 4.78 is 1.63. The summed E-state index contributed by atoms with van der Waals surface area (Å²) in [6, 6.07) is 0. The van der Waals surface area contributed by atoms with Crippen LogP contribution < -0.4 is 0 Å². The first kappa shape index (κ1) is 10.2. The summed E-state index contributed by atoms with van der Waals surface area (Å²) in [5.74, 6) is 0.624. The number of rotatable bonds is 1. The first-order valence-electron chi connectivity index (χ1n) is 5.05. The molecule has 0 amide bonds. The van der Waals surface area contributed by atoms with Crippen molar-refractivity contribution < 1.29 is 0 Å². The minimum absolute atomic E-state index is 0.458. The van der Waals surface area contributed by atoms with Crippen LogP contribution in [0.2, 0.25) is 5.15 Å². The van der Waals surface area contributed by atoms with Crippen molar-refractivity contribution in [2.75, 3.05) is 0 Å². The maximum atomic E-state index is 6.07. The molecular weight excluding hydrogens is 240 g/mol. The first-order chi connectivity index (χ1) is 8.18. The largest absolute Gasteiger partial charge is 0.285 e. The smallest absolute Gasteiger partial charge is 0.188 e. The molecule has 0 atom stereocenters. The third-order valence-electron chi connectivity index (χ3n) is 2.79. The molecule has 0 saturated carbocycles. The Morgan fingerprint density at radius 3 is 2.76 bits per heavy atom. The topological polar surface area (TPSA) is 71.8 Å². The van der Waals surface area contributed by atoms with Gasteiger partial charge in [0, 0.05) is 11.8 Å². The molecular formula is C10H9ClN6. The zero-order valence-corrected chi connectivity index (χ0v) is 10.0. The van der Waals surface area contributed by atoms with E-state index in [0.29, 0.717) is 16.6 Å². The van der Waals surface area contributed by atoms with Crippen molar-refractivity contribution in [2.45, 2.75) is 13.8 Å². The molecule has 3 heterocycles. The fourth-order valence-corrected chi connectivity index (χ4v) is 1.86. The molecule has 0 aromatic carbocycles. The van der Waals surface area contributed by atoms with Crippen LogP contribution >= 0.6 is 11.6 Å². The number of halogens is 1. The van der Waals surface area contributed by atoms with Crippen LogP contribution in [-0.4, -0.2) is 30.0 Å². The van der Waals surface area contributed by atoms with Gasteiger partial charge in [-0.05, 0) is 19.4 Å². The monoisotopic (exact) mass is 248 g/mol. The van der Waals surface area contributed by atoms with Crippen molar-refractivity contribution >= 4 is 17.2 Å². The second kappa shape index (κ2) is 3.53. The zero-order chi connectivity index (χ0) is 12.0. The minimum Gasteiger partial charge on any atom is -0.285 e. The van der Waals surface area contributed by atoms with E-state index in [2.05, 4.69) is 25.5 Å². The lowest BCUT2D eigenvalue weighted by atomic mass is 10.2. The maximum Gasteiger partial charge on any atom is 0.188 e. The van der Waals surface area contributed by atoms with E-state index in [1.165, 1.54) is 0 Å². The Labute approximate surface area is 102 Å². The average Bonchev–Trinajstić information content (AvgIpc) is 2.93. The van der Waals surface area contributed by atoms with Gasteiger partial charge in [0.15, 0.2) is 16.6 Å². The molecule has 86 valence electrons. The Kier molecular flexibility index (Phi) is 2.12. The summed E-state index contributed by atoms with van der Waals surface area (Å²) in [4.78, 5) is 0. The van der Waals surface area contributed by atoms with Gasteiger partial charge in [0.25, 0.3) is 0 Å². The number of fused-ring (bicyclic) bond motifs is 1. The lowest BCUT2D eigenvalue weighted by Gasteiger charge is -2.03. The van der Waals surface area contributed by atoms with Crippen molar-refractivity contribution in [1.82, 2.24) is 30.0 Å². The third kappa shape index (κ3) is 1.41. The van der Waals surface area contributed by atoms with E-state index in [9.17, 15) is 0 Å². The van der Waals surface area contributed by atoms with Gasteiger partial charge in [-0.2, -0.15) is 14.7 Å². The molecule has 3 rings (SSSR count). The van der Waals surface area contributed by atoms with E-state index < -0.39 is 0 Å². The third-order valence-corrected chi connectivity index (χ3v) is 3.15. The molecule has 1 N–H and O–H groups in total. The lowest BCUT2D eigenvalue weighted by Crippen LogP contribution is -1.99. The van der Waals surface area contributed by atoms with Crippen LogP contribution in [0, 0.1) is 13.8 Å². The van der Waals surface area contributed by atoms with Crippen LogP contribution in [0.25, 0.3) is 17.0 Å². The molecule has 0 fully saturated rings. The van der Waals surface area contributed by atoms with E-state index in [0.717, 1.165) is 16.7 Å². The number of hydrogen-bond donors (Lipinski definition) is 1. The molecule has 0 aliphatic rings. The van der Waals surface area contributed by atoms with E-state index in [1.807, 2.05) is 13.8 Å². The lowest BCUT2D eigenvalue weighted by molar-refractivity contribution is 0.919. The highest BCUT2D eigenvalue weighted by atomic mass is 35.5. The first-order valence-corrected chi connectivity index (χ1v) is 5.43. The van der Waals surface area contributed by atoms with Gasteiger partial charge >= 0.3 is 0 Å². The van der Waals surface area contributed by atoms with E-state index in [4.69, 9.17) is 11.6 Å². The quantitative estimate of drug-likeness (QED) is 0.713. The maximum absolute atomic E-state index is 6.07. The predicted octanol–water partition coefficient (Wildman–Crippen LogP) is 1.78. The summed E-state index contributed by atoms with van der Waals surface area (Å²) in [6.45, 7) is 3.86. The van der Waals surface area contributed by atoms with Crippen molar-refractivity contribution in [3.63, 3.8) is 0 Å². The number of aromatic nitrogens is 6. The van der Waals surface area contributed by atoms with Gasteiger partial charge in [-0.15, -0.1) is 10.2 Å². The molecule has 0 unspecified atom stereocenters. The normalized spacial score (nSPS) is 11.2. The van der Waals surface area contributed by atoms with Crippen LogP contribution in [0.4, 0.5) is 0 Å². The van der Waals surface area contributed by atoms with Crippen LogP contribution in [0.3, 0.4) is 0 Å². The van der Waals surface area contributed by atoms with Gasteiger partial charge in [0.2, 0.25) is 0 Å². The summed E-state index contributed by atoms with van der Waals surface area (Å²) >= 11 is 6.07. The molecule has 3 aromatic rings. The average molecular weight is 249 g/mol. The van der Waals surface area contributed by atoms with E-state index >= 15 is 0 Å². The Morgan fingerprint density at radius 1 is 1.24 bits per heavy atom. The van der Waals surface area contributed by atoms with Crippen molar-refractivity contribution in [2.24, 2.45) is 0 Å². The van der Waals surface area contributed by atoms with Crippen LogP contribution in [0.15, 0.2) is 12.4 Å². The van der Waals surface area contributed by atoms with Gasteiger partial charge in [-0.1, -0.05) is 11.6 Å². The van der Waals surface area contributed by atoms with Gasteiger partial charge in [-0.25, -0.2) is 0 Å². The van der Waals surface area contributed by atoms with Crippen LogP contribution in [0.1, 0.15) is 11.1 Å². The molecule has 6 nitrogen and oxygen atoms in total. The molecule has 3 aromatic heterocycles. The van der Waals surface area contributed by atoms with Crippen molar-refractivity contribution in [3.8, 4) is 11.4 Å². The van der Waals surface area contributed by atoms with E-state index in [-0.39, 0.29) is 0 Å². The molecule has 0 spiro atoms. The molecule has 17 heavy (non-hydrogen) atoms. The summed E-state index contributed by atoms with van der Waals surface area (Å²) in [7, 11) is 0. The highest BCUT2D eigenvalue weighted by molar-refractivity contribution is 6.30. The molecule has 0 saturated heterocycles. The number of aromatic amines is 1. The zero-order valence-electron chi connectivity index (χ0n) is 9.27. The van der Waals surface area contributed by atoms with Crippen LogP contribution in [-0.2, 0) is 0 Å². The molecule has 7 heteroatoms. The highest BCUT2D eigenvalue weighted by Crippen LogP contribution is 2.23. The number of hydrogen-bond acceptors (Lipinski definition) is 4. The second-order valence-corrected chi connectivity index (χ2v) is 4.14. The molecule has 0 bridgehead atoms. The second-order valence-electron chi connectivity index (χ2n) is 3.79. The molecule has 0 aliphatic carbocycles. The fourth-order valence-electron chi connectivity index (χ4n) is 1.65. The Morgan fingerprint density at radius 2 is 2.06 bits per heavy atom. The standard InChI is InChI=1S/C10H9ClN6/c1-5-6(2)9-14-15-10(7-3-12-13-4-7)17(9)16-8(5)11/h3-4H,1-2H3,(H,12,13). The molecule has 0 radical (unpaired) electrons. The Hall–Kier alpha value is -1.95. The minimum atomic E-state index is 0.458. The Bertz CT molecular complexity index is 684.